The third-order valence-electron chi connectivity index (χ3n) is 5.85. The number of hydrogen-bond acceptors (Lipinski definition) is 6. The van der Waals surface area contributed by atoms with Gasteiger partial charge in [0, 0.05) is 51.0 Å². The monoisotopic (exact) mass is 434 g/mol. The summed E-state index contributed by atoms with van der Waals surface area (Å²) in [7, 11) is 3.44. The summed E-state index contributed by atoms with van der Waals surface area (Å²) in [4.78, 5) is 39.6. The Bertz CT molecular complexity index is 793. The van der Waals surface area contributed by atoms with E-state index in [2.05, 4.69) is 21.0 Å². The minimum absolute atomic E-state index is 0.0133. The van der Waals surface area contributed by atoms with Crippen LogP contribution in [0.3, 0.4) is 0 Å². The van der Waals surface area contributed by atoms with Gasteiger partial charge in [0.05, 0.1) is 13.2 Å². The molecule has 172 valence electrons. The Labute approximate surface area is 183 Å². The topological polar surface area (TPSA) is 118 Å². The van der Waals surface area contributed by atoms with E-state index in [1.807, 2.05) is 7.05 Å². The van der Waals surface area contributed by atoms with E-state index in [1.54, 1.807) is 16.7 Å². The van der Waals surface area contributed by atoms with E-state index in [1.165, 1.54) is 0 Å². The molecule has 31 heavy (non-hydrogen) atoms. The summed E-state index contributed by atoms with van der Waals surface area (Å²) in [5.41, 5.74) is 2.40. The van der Waals surface area contributed by atoms with E-state index < -0.39 is 0 Å². The number of rotatable bonds is 3. The molecule has 2 aliphatic rings. The molecule has 0 aromatic carbocycles. The Balaban J connectivity index is 1.74. The van der Waals surface area contributed by atoms with Crippen molar-refractivity contribution in [1.82, 2.24) is 30.6 Å². The highest BCUT2D eigenvalue weighted by Gasteiger charge is 2.29. The molecule has 1 aliphatic heterocycles. The Hall–Kier alpha value is -2.46. The van der Waals surface area contributed by atoms with Gasteiger partial charge in [0.15, 0.2) is 5.69 Å². The molecular weight excluding hydrogens is 400 g/mol. The maximum Gasteiger partial charge on any atom is 0.272 e. The zero-order valence-electron chi connectivity index (χ0n) is 18.5. The minimum Gasteiger partial charge on any atom is -0.383 e. The molecule has 0 saturated carbocycles. The molecule has 1 aromatic heterocycles. The number of nitrogens with zero attached hydrogens (tertiary/aromatic N) is 3. The Morgan fingerprint density at radius 2 is 1.94 bits per heavy atom. The van der Waals surface area contributed by atoms with Crippen molar-refractivity contribution < 1.29 is 19.1 Å². The van der Waals surface area contributed by atoms with Gasteiger partial charge in [0.25, 0.3) is 5.91 Å². The predicted molar refractivity (Wildman–Crippen MR) is 115 cm³/mol. The second kappa shape index (κ2) is 11.2. The average Bonchev–Trinajstić information content (AvgIpc) is 3.08. The van der Waals surface area contributed by atoms with Crippen LogP contribution in [-0.4, -0.2) is 84.9 Å². The van der Waals surface area contributed by atoms with E-state index in [0.29, 0.717) is 51.2 Å². The number of nitrogens with one attached hydrogen (secondary N) is 3. The molecule has 1 aliphatic carbocycles. The lowest BCUT2D eigenvalue weighted by molar-refractivity contribution is -0.137. The van der Waals surface area contributed by atoms with Crippen molar-refractivity contribution in [2.75, 3.05) is 46.4 Å². The van der Waals surface area contributed by atoms with Crippen LogP contribution in [0.25, 0.3) is 0 Å². The first kappa shape index (κ1) is 23.2. The number of aromatic nitrogens is 2. The van der Waals surface area contributed by atoms with Crippen molar-refractivity contribution in [3.8, 4) is 0 Å². The number of carbonyl (C=O) groups is 3. The SMILES string of the molecule is COCCN1CC(=O)NC2CCc3c(c(nn3C)C(=O)NCCCNCCCC1=O)C2. The summed E-state index contributed by atoms with van der Waals surface area (Å²) in [6.45, 7) is 2.81. The Morgan fingerprint density at radius 3 is 2.74 bits per heavy atom. The van der Waals surface area contributed by atoms with Gasteiger partial charge in [-0.3, -0.25) is 19.1 Å². The van der Waals surface area contributed by atoms with Gasteiger partial charge in [-0.15, -0.1) is 0 Å². The van der Waals surface area contributed by atoms with Crippen molar-refractivity contribution in [2.45, 2.75) is 44.6 Å². The molecule has 0 radical (unpaired) electrons. The molecule has 2 heterocycles. The number of fused-ring (bicyclic) bond motifs is 1. The van der Waals surface area contributed by atoms with Gasteiger partial charge < -0.3 is 25.6 Å². The third-order valence-corrected chi connectivity index (χ3v) is 5.85. The van der Waals surface area contributed by atoms with Crippen LogP contribution in [0.2, 0.25) is 0 Å². The molecule has 0 saturated heterocycles. The molecule has 1 atom stereocenters. The summed E-state index contributed by atoms with van der Waals surface area (Å²) < 4.78 is 6.89. The third kappa shape index (κ3) is 6.27. The van der Waals surface area contributed by atoms with Crippen molar-refractivity contribution in [3.05, 3.63) is 17.0 Å². The molecule has 10 nitrogen and oxygen atoms in total. The fourth-order valence-corrected chi connectivity index (χ4v) is 4.18. The highest BCUT2D eigenvalue weighted by molar-refractivity contribution is 5.94. The molecule has 3 N–H and O–H groups in total. The number of hydrogen-bond donors (Lipinski definition) is 3. The van der Waals surface area contributed by atoms with Gasteiger partial charge in [-0.1, -0.05) is 0 Å². The molecule has 0 fully saturated rings. The van der Waals surface area contributed by atoms with Crippen LogP contribution in [-0.2, 0) is 34.2 Å². The van der Waals surface area contributed by atoms with Crippen molar-refractivity contribution in [2.24, 2.45) is 7.05 Å². The van der Waals surface area contributed by atoms with Crippen LogP contribution >= 0.6 is 0 Å². The zero-order valence-corrected chi connectivity index (χ0v) is 18.5. The van der Waals surface area contributed by atoms with Crippen molar-refractivity contribution in [3.63, 3.8) is 0 Å². The second-order valence-electron chi connectivity index (χ2n) is 8.18. The normalized spacial score (nSPS) is 21.8. The number of aryl methyl sites for hydroxylation is 1. The number of ether oxygens (including phenoxy) is 1. The molecule has 1 aromatic rings. The summed E-state index contributed by atoms with van der Waals surface area (Å²) in [5, 5.41) is 13.7. The van der Waals surface area contributed by atoms with Crippen molar-refractivity contribution >= 4 is 17.7 Å². The number of amides is 3. The smallest absolute Gasteiger partial charge is 0.272 e. The van der Waals surface area contributed by atoms with Crippen LogP contribution in [0, 0.1) is 0 Å². The maximum atomic E-state index is 12.7. The molecule has 10 heteroatoms. The summed E-state index contributed by atoms with van der Waals surface area (Å²) >= 11 is 0. The van der Waals surface area contributed by atoms with Crippen molar-refractivity contribution in [1.29, 1.82) is 0 Å². The van der Waals surface area contributed by atoms with Crippen LogP contribution in [0.5, 0.6) is 0 Å². The number of methoxy groups -OCH3 is 1. The highest BCUT2D eigenvalue weighted by atomic mass is 16.5. The molecule has 3 amide bonds. The lowest BCUT2D eigenvalue weighted by Gasteiger charge is -2.27. The van der Waals surface area contributed by atoms with E-state index in [9.17, 15) is 14.4 Å². The first-order chi connectivity index (χ1) is 15.0. The van der Waals surface area contributed by atoms with Gasteiger partial charge in [-0.25, -0.2) is 0 Å². The van der Waals surface area contributed by atoms with Gasteiger partial charge >= 0.3 is 0 Å². The largest absolute Gasteiger partial charge is 0.383 e. The van der Waals surface area contributed by atoms with E-state index >= 15 is 0 Å². The number of carbonyl (C=O) groups excluding carboxylic acids is 3. The van der Waals surface area contributed by atoms with E-state index in [4.69, 9.17) is 4.74 Å². The Morgan fingerprint density at radius 1 is 1.13 bits per heavy atom. The quantitative estimate of drug-likeness (QED) is 0.583. The first-order valence-corrected chi connectivity index (χ1v) is 11.1. The highest BCUT2D eigenvalue weighted by Crippen LogP contribution is 2.24. The average molecular weight is 435 g/mol. The maximum absolute atomic E-state index is 12.7. The molecular formula is C21H34N6O4. The molecule has 1 unspecified atom stereocenters. The molecule has 2 bridgehead atoms. The predicted octanol–water partition coefficient (Wildman–Crippen LogP) is -0.628. The lowest BCUT2D eigenvalue weighted by Crippen LogP contribution is -2.47. The van der Waals surface area contributed by atoms with E-state index in [-0.39, 0.29) is 30.3 Å². The summed E-state index contributed by atoms with van der Waals surface area (Å²) in [6, 6.07) is -0.0850. The fourth-order valence-electron chi connectivity index (χ4n) is 4.18. The second-order valence-corrected chi connectivity index (χ2v) is 8.18. The Kier molecular flexibility index (Phi) is 8.42. The van der Waals surface area contributed by atoms with Crippen LogP contribution < -0.4 is 16.0 Å². The minimum atomic E-state index is -0.188. The fraction of sp³-hybridized carbons (Fsp3) is 0.714. The van der Waals surface area contributed by atoms with Gasteiger partial charge in [0.2, 0.25) is 11.8 Å². The van der Waals surface area contributed by atoms with Crippen LogP contribution in [0.4, 0.5) is 0 Å². The molecule has 3 rings (SSSR count). The summed E-state index contributed by atoms with van der Waals surface area (Å²) in [5.74, 6) is -0.392. The van der Waals surface area contributed by atoms with Crippen LogP contribution in [0.1, 0.15) is 47.4 Å². The van der Waals surface area contributed by atoms with Gasteiger partial charge in [-0.2, -0.15) is 5.10 Å². The molecule has 0 spiro atoms. The first-order valence-electron chi connectivity index (χ1n) is 11.1. The van der Waals surface area contributed by atoms with E-state index in [0.717, 1.165) is 37.1 Å². The standard InChI is InChI=1S/C21H34N6O4/c1-26-17-7-6-15-13-16(17)20(25-26)21(30)23-10-4-9-22-8-3-5-19(29)27(11-12-31-2)14-18(28)24-15/h15,22H,3-14H2,1-2H3,(H,23,30)(H,24,28). The summed E-state index contributed by atoms with van der Waals surface area (Å²) in [6.07, 6.45) is 3.95. The lowest BCUT2D eigenvalue weighted by atomic mass is 9.91. The zero-order chi connectivity index (χ0) is 22.2. The van der Waals surface area contributed by atoms with Crippen LogP contribution in [0.15, 0.2) is 0 Å². The van der Waals surface area contributed by atoms with Gasteiger partial charge in [-0.05, 0) is 45.2 Å². The van der Waals surface area contributed by atoms with Gasteiger partial charge in [0.1, 0.15) is 0 Å².